The number of hydrogen-bond donors (Lipinski definition) is 0. The van der Waals surface area contributed by atoms with Crippen molar-refractivity contribution in [3.05, 3.63) is 82.7 Å². The van der Waals surface area contributed by atoms with Crippen LogP contribution in [-0.2, 0) is 18.0 Å². The second kappa shape index (κ2) is 11.4. The fourth-order valence-corrected chi connectivity index (χ4v) is 4.38. The molecule has 0 bridgehead atoms. The van der Waals surface area contributed by atoms with E-state index in [-0.39, 0.29) is 34.0 Å². The first kappa shape index (κ1) is 29.0. The smallest absolute Gasteiger partial charge is 0.436 e. The van der Waals surface area contributed by atoms with Crippen molar-refractivity contribution < 1.29 is 35.8 Å². The van der Waals surface area contributed by atoms with E-state index in [0.717, 1.165) is 12.3 Å². The number of ether oxygens (including phenoxy) is 1. The number of pyridine rings is 1. The third-order valence-electron chi connectivity index (χ3n) is 6.13. The number of aryl methyl sites for hydroxylation is 1. The Bertz CT molecular complexity index is 1720. The molecule has 1 atom stereocenters. The SMILES string of the molecule is Cn1cc(-c2cnn([C@H](CCOC(F)F)c3ccc(-c4c(-n5cc(C(F)(F)F)nn5)ccc(Cl)c4F)c[n+]3[O-])c2)nn1. The van der Waals surface area contributed by atoms with Crippen molar-refractivity contribution in [3.63, 3.8) is 0 Å². The maximum Gasteiger partial charge on any atom is 0.436 e. The van der Waals surface area contributed by atoms with Gasteiger partial charge in [-0.1, -0.05) is 22.0 Å². The summed E-state index contributed by atoms with van der Waals surface area (Å²) in [6.07, 6.45) is 1.26. The lowest BCUT2D eigenvalue weighted by Gasteiger charge is -2.18. The second-order valence-corrected chi connectivity index (χ2v) is 9.30. The summed E-state index contributed by atoms with van der Waals surface area (Å²) in [5.41, 5.74) is -0.831. The fraction of sp³-hybridized carbons (Fsp3) is 0.250. The van der Waals surface area contributed by atoms with Crippen molar-refractivity contribution in [1.82, 2.24) is 39.8 Å². The molecular weight excluding hydrogens is 596 g/mol. The molecular formula is C24H18ClF6N9O2. The third-order valence-corrected chi connectivity index (χ3v) is 6.42. The first-order valence-electron chi connectivity index (χ1n) is 11.9. The Balaban J connectivity index is 1.55. The Hall–Kier alpha value is -4.51. The van der Waals surface area contributed by atoms with E-state index in [4.69, 9.17) is 11.6 Å². The van der Waals surface area contributed by atoms with E-state index in [1.807, 2.05) is 0 Å². The van der Waals surface area contributed by atoms with Crippen LogP contribution >= 0.6 is 11.6 Å². The molecule has 0 spiro atoms. The lowest BCUT2D eigenvalue weighted by atomic mass is 10.0. The Labute approximate surface area is 237 Å². The molecule has 42 heavy (non-hydrogen) atoms. The van der Waals surface area contributed by atoms with Gasteiger partial charge in [0.2, 0.25) is 5.69 Å². The van der Waals surface area contributed by atoms with Crippen molar-refractivity contribution >= 4 is 11.6 Å². The molecule has 5 aromatic rings. The van der Waals surface area contributed by atoms with Gasteiger partial charge in [-0.2, -0.15) is 31.8 Å². The Kier molecular flexibility index (Phi) is 7.87. The number of hydrogen-bond acceptors (Lipinski definition) is 7. The first-order chi connectivity index (χ1) is 19.9. The molecule has 1 aromatic carbocycles. The standard InChI is InChI=1S/C24H18ClF6N9O2/c1-37-11-16(33-35-37)14-8-32-38(9-14)17(6-7-42-23(27)28)18-4-2-13(10-40(18)41)21-19(5-3-15(25)22(21)26)39-12-20(34-36-39)24(29,30)31/h2-5,8-12,17,23H,6-7H2,1H3/t17-/m1/s1. The Morgan fingerprint density at radius 1 is 1.05 bits per heavy atom. The highest BCUT2D eigenvalue weighted by Gasteiger charge is 2.35. The quantitative estimate of drug-likeness (QED) is 0.136. The summed E-state index contributed by atoms with van der Waals surface area (Å²) in [6.45, 7) is -3.48. The van der Waals surface area contributed by atoms with Gasteiger partial charge >= 0.3 is 12.8 Å². The molecule has 0 aliphatic heterocycles. The maximum absolute atomic E-state index is 15.3. The van der Waals surface area contributed by atoms with Crippen molar-refractivity contribution in [1.29, 1.82) is 0 Å². The fourth-order valence-electron chi connectivity index (χ4n) is 4.22. The number of alkyl halides is 5. The van der Waals surface area contributed by atoms with Gasteiger partial charge in [0, 0.05) is 31.3 Å². The zero-order chi connectivity index (χ0) is 30.2. The van der Waals surface area contributed by atoms with Gasteiger partial charge in [-0.3, -0.25) is 9.36 Å². The average Bonchev–Trinajstić information content (AvgIpc) is 3.69. The monoisotopic (exact) mass is 613 g/mol. The number of nitrogens with zero attached hydrogens (tertiary/aromatic N) is 9. The average molecular weight is 614 g/mol. The van der Waals surface area contributed by atoms with E-state index in [9.17, 15) is 27.2 Å². The lowest BCUT2D eigenvalue weighted by Crippen LogP contribution is -2.36. The minimum atomic E-state index is -4.80. The van der Waals surface area contributed by atoms with Crippen LogP contribution in [-0.4, -0.2) is 53.0 Å². The predicted octanol–water partition coefficient (Wildman–Crippen LogP) is 4.59. The molecule has 0 radical (unpaired) electrons. The van der Waals surface area contributed by atoms with E-state index in [1.54, 1.807) is 19.4 Å². The third kappa shape index (κ3) is 5.91. The van der Waals surface area contributed by atoms with Crippen molar-refractivity contribution in [2.45, 2.75) is 25.3 Å². The molecule has 220 valence electrons. The van der Waals surface area contributed by atoms with Crippen LogP contribution in [0.1, 0.15) is 23.9 Å². The van der Waals surface area contributed by atoms with E-state index in [0.29, 0.717) is 26.9 Å². The minimum Gasteiger partial charge on any atom is -0.618 e. The van der Waals surface area contributed by atoms with Crippen LogP contribution in [0.3, 0.4) is 0 Å². The summed E-state index contributed by atoms with van der Waals surface area (Å²) in [5, 5.41) is 31.6. The van der Waals surface area contributed by atoms with E-state index in [1.165, 1.54) is 33.8 Å². The molecule has 0 saturated heterocycles. The van der Waals surface area contributed by atoms with Gasteiger partial charge in [0.1, 0.15) is 11.7 Å². The van der Waals surface area contributed by atoms with Crippen LogP contribution in [0.25, 0.3) is 28.1 Å². The van der Waals surface area contributed by atoms with Crippen molar-refractivity contribution in [2.75, 3.05) is 6.61 Å². The predicted molar refractivity (Wildman–Crippen MR) is 133 cm³/mol. The molecule has 11 nitrogen and oxygen atoms in total. The lowest BCUT2D eigenvalue weighted by molar-refractivity contribution is -0.615. The summed E-state index contributed by atoms with van der Waals surface area (Å²) in [5.74, 6) is -1.02. The first-order valence-corrected chi connectivity index (χ1v) is 12.3. The molecule has 0 fully saturated rings. The highest BCUT2D eigenvalue weighted by molar-refractivity contribution is 6.31. The van der Waals surface area contributed by atoms with E-state index < -0.39 is 36.9 Å². The van der Waals surface area contributed by atoms with Gasteiger partial charge in [-0.15, -0.1) is 10.2 Å². The van der Waals surface area contributed by atoms with Crippen LogP contribution in [0.15, 0.2) is 55.2 Å². The highest BCUT2D eigenvalue weighted by Crippen LogP contribution is 2.35. The molecule has 0 amide bonds. The van der Waals surface area contributed by atoms with Crippen LogP contribution in [0, 0.1) is 11.0 Å². The van der Waals surface area contributed by atoms with Gasteiger partial charge in [0.05, 0.1) is 47.0 Å². The van der Waals surface area contributed by atoms with Crippen LogP contribution in [0.4, 0.5) is 26.3 Å². The molecule has 0 aliphatic rings. The van der Waals surface area contributed by atoms with E-state index in [2.05, 4.69) is 30.5 Å². The van der Waals surface area contributed by atoms with Crippen molar-refractivity contribution in [2.24, 2.45) is 7.05 Å². The zero-order valence-corrected chi connectivity index (χ0v) is 22.0. The normalized spacial score (nSPS) is 12.8. The van der Waals surface area contributed by atoms with Gasteiger partial charge in [-0.05, 0) is 18.2 Å². The van der Waals surface area contributed by atoms with Crippen LogP contribution in [0.2, 0.25) is 5.02 Å². The molecule has 0 unspecified atom stereocenters. The topological polar surface area (TPSA) is 115 Å². The molecule has 0 N–H and O–H groups in total. The summed E-state index contributed by atoms with van der Waals surface area (Å²) in [6, 6.07) is 4.06. The van der Waals surface area contributed by atoms with E-state index >= 15 is 4.39 Å². The zero-order valence-electron chi connectivity index (χ0n) is 21.3. The van der Waals surface area contributed by atoms with Crippen LogP contribution in [0.5, 0.6) is 0 Å². The second-order valence-electron chi connectivity index (χ2n) is 8.89. The molecule has 0 aliphatic carbocycles. The number of rotatable bonds is 9. The number of halogens is 7. The molecule has 5 rings (SSSR count). The summed E-state index contributed by atoms with van der Waals surface area (Å²) >= 11 is 5.96. The largest absolute Gasteiger partial charge is 0.618 e. The highest BCUT2D eigenvalue weighted by atomic mass is 35.5. The molecule has 18 heteroatoms. The van der Waals surface area contributed by atoms with Crippen LogP contribution < -0.4 is 4.73 Å². The number of benzene rings is 1. The molecule has 4 aromatic heterocycles. The van der Waals surface area contributed by atoms with Gasteiger partial charge < -0.3 is 9.94 Å². The summed E-state index contributed by atoms with van der Waals surface area (Å²) < 4.78 is 88.3. The number of aromatic nitrogens is 9. The Morgan fingerprint density at radius 3 is 2.48 bits per heavy atom. The van der Waals surface area contributed by atoms with Gasteiger partial charge in [-0.25, -0.2) is 9.07 Å². The van der Waals surface area contributed by atoms with Gasteiger partial charge in [0.25, 0.3) is 0 Å². The minimum absolute atomic E-state index is 0.0227. The summed E-state index contributed by atoms with van der Waals surface area (Å²) in [7, 11) is 1.67. The maximum atomic E-state index is 15.3. The summed E-state index contributed by atoms with van der Waals surface area (Å²) in [4.78, 5) is 0. The van der Waals surface area contributed by atoms with Gasteiger partial charge in [0.15, 0.2) is 17.7 Å². The molecule has 4 heterocycles. The van der Waals surface area contributed by atoms with Crippen molar-refractivity contribution in [3.8, 4) is 28.1 Å². The molecule has 0 saturated carbocycles. The Morgan fingerprint density at radius 2 is 1.83 bits per heavy atom.